The van der Waals surface area contributed by atoms with Gasteiger partial charge in [0.1, 0.15) is 5.60 Å². The predicted molar refractivity (Wildman–Crippen MR) is 62.1 cm³/mol. The lowest BCUT2D eigenvalue weighted by Gasteiger charge is -2.50. The number of aryl methyl sites for hydroxylation is 1. The van der Waals surface area contributed by atoms with Gasteiger partial charge in [-0.25, -0.2) is 0 Å². The van der Waals surface area contributed by atoms with E-state index >= 15 is 0 Å². The molecular formula is C12H17NOS. The van der Waals surface area contributed by atoms with Crippen molar-refractivity contribution in [1.82, 2.24) is 4.90 Å². The van der Waals surface area contributed by atoms with Gasteiger partial charge in [-0.15, -0.1) is 11.3 Å². The molecule has 0 radical (unpaired) electrons. The summed E-state index contributed by atoms with van der Waals surface area (Å²) >= 11 is 1.76. The molecule has 1 aromatic heterocycles. The Morgan fingerprint density at radius 3 is 2.60 bits per heavy atom. The quantitative estimate of drug-likeness (QED) is 0.787. The molecule has 2 bridgehead atoms. The third-order valence-electron chi connectivity index (χ3n) is 3.89. The van der Waals surface area contributed by atoms with Gasteiger partial charge >= 0.3 is 0 Å². The molecule has 1 aromatic rings. The van der Waals surface area contributed by atoms with Crippen LogP contribution in [0.2, 0.25) is 0 Å². The smallest absolute Gasteiger partial charge is 0.114 e. The molecule has 3 saturated heterocycles. The molecular weight excluding hydrogens is 206 g/mol. The van der Waals surface area contributed by atoms with Crippen molar-refractivity contribution in [3.8, 4) is 0 Å². The molecule has 0 aromatic carbocycles. The van der Waals surface area contributed by atoms with Crippen LogP contribution in [0.5, 0.6) is 0 Å². The summed E-state index contributed by atoms with van der Waals surface area (Å²) in [6, 6.07) is 4.23. The summed E-state index contributed by atoms with van der Waals surface area (Å²) in [5.74, 6) is 0.487. The maximum absolute atomic E-state index is 10.8. The first-order valence-electron chi connectivity index (χ1n) is 5.70. The van der Waals surface area contributed by atoms with Gasteiger partial charge in [0.2, 0.25) is 0 Å². The van der Waals surface area contributed by atoms with Gasteiger partial charge in [0.15, 0.2) is 0 Å². The zero-order valence-electron chi connectivity index (χ0n) is 9.07. The second-order valence-corrected chi connectivity index (χ2v) is 6.17. The molecule has 0 aliphatic carbocycles. The van der Waals surface area contributed by atoms with Crippen molar-refractivity contribution in [2.24, 2.45) is 5.92 Å². The van der Waals surface area contributed by atoms with Crippen molar-refractivity contribution < 1.29 is 5.11 Å². The summed E-state index contributed by atoms with van der Waals surface area (Å²) in [4.78, 5) is 4.87. The minimum Gasteiger partial charge on any atom is -0.383 e. The van der Waals surface area contributed by atoms with Gasteiger partial charge in [0.05, 0.1) is 0 Å². The fourth-order valence-electron chi connectivity index (χ4n) is 2.98. The molecule has 0 saturated carbocycles. The topological polar surface area (TPSA) is 23.5 Å². The molecule has 1 atom stereocenters. The second-order valence-electron chi connectivity index (χ2n) is 4.88. The first-order chi connectivity index (χ1) is 7.18. The first kappa shape index (κ1) is 9.82. The van der Waals surface area contributed by atoms with Gasteiger partial charge in [-0.1, -0.05) is 0 Å². The van der Waals surface area contributed by atoms with Crippen LogP contribution < -0.4 is 0 Å². The number of rotatable bonds is 1. The number of piperidine rings is 3. The normalized spacial score (nSPS) is 39.6. The van der Waals surface area contributed by atoms with Crippen LogP contribution in [-0.2, 0) is 5.60 Å². The van der Waals surface area contributed by atoms with E-state index < -0.39 is 5.60 Å². The van der Waals surface area contributed by atoms with Crippen molar-refractivity contribution in [1.29, 1.82) is 0 Å². The van der Waals surface area contributed by atoms with Crippen LogP contribution in [0.1, 0.15) is 22.6 Å². The lowest BCUT2D eigenvalue weighted by Crippen LogP contribution is -2.56. The van der Waals surface area contributed by atoms with Crippen molar-refractivity contribution >= 4 is 11.3 Å². The fourth-order valence-corrected chi connectivity index (χ4v) is 4.01. The first-order valence-corrected chi connectivity index (χ1v) is 6.52. The van der Waals surface area contributed by atoms with Gasteiger partial charge in [-0.05, 0) is 50.9 Å². The third kappa shape index (κ3) is 1.45. The molecule has 2 nitrogen and oxygen atoms in total. The minimum atomic E-state index is -0.546. The van der Waals surface area contributed by atoms with Gasteiger partial charge in [0, 0.05) is 16.3 Å². The summed E-state index contributed by atoms with van der Waals surface area (Å²) < 4.78 is 0. The van der Waals surface area contributed by atoms with E-state index in [1.807, 2.05) is 0 Å². The molecule has 4 rings (SSSR count). The van der Waals surface area contributed by atoms with Crippen LogP contribution in [0.25, 0.3) is 0 Å². The average Bonchev–Trinajstić information content (AvgIpc) is 2.67. The third-order valence-corrected chi connectivity index (χ3v) is 5.06. The average molecular weight is 223 g/mol. The number of nitrogens with zero attached hydrogens (tertiary/aromatic N) is 1. The van der Waals surface area contributed by atoms with Crippen LogP contribution in [0, 0.1) is 12.8 Å². The Bertz CT molecular complexity index is 367. The molecule has 1 N–H and O–H groups in total. The molecule has 82 valence electrons. The summed E-state index contributed by atoms with van der Waals surface area (Å²) in [6.45, 7) is 5.31. The van der Waals surface area contributed by atoms with E-state index in [1.54, 1.807) is 11.3 Å². The van der Waals surface area contributed by atoms with Crippen molar-refractivity contribution in [2.75, 3.05) is 19.6 Å². The molecule has 15 heavy (non-hydrogen) atoms. The van der Waals surface area contributed by atoms with Crippen LogP contribution in [-0.4, -0.2) is 29.6 Å². The SMILES string of the molecule is Cc1ccc(C2(O)CN3CCC2CC3)s1. The fraction of sp³-hybridized carbons (Fsp3) is 0.667. The largest absolute Gasteiger partial charge is 0.383 e. The van der Waals surface area contributed by atoms with Gasteiger partial charge in [0.25, 0.3) is 0 Å². The number of hydrogen-bond donors (Lipinski definition) is 1. The van der Waals surface area contributed by atoms with Crippen LogP contribution in [0.4, 0.5) is 0 Å². The Hall–Kier alpha value is -0.380. The van der Waals surface area contributed by atoms with E-state index in [0.29, 0.717) is 5.92 Å². The Balaban J connectivity index is 1.96. The van der Waals surface area contributed by atoms with E-state index in [-0.39, 0.29) is 0 Å². The molecule has 1 unspecified atom stereocenters. The van der Waals surface area contributed by atoms with E-state index in [4.69, 9.17) is 0 Å². The molecule has 3 aliphatic heterocycles. The summed E-state index contributed by atoms with van der Waals surface area (Å²) in [5, 5.41) is 10.8. The number of fused-ring (bicyclic) bond motifs is 3. The molecule has 0 spiro atoms. The van der Waals surface area contributed by atoms with E-state index in [1.165, 1.54) is 22.8 Å². The van der Waals surface area contributed by atoms with Crippen molar-refractivity contribution in [2.45, 2.75) is 25.4 Å². The highest BCUT2D eigenvalue weighted by Crippen LogP contribution is 2.44. The number of hydrogen-bond acceptors (Lipinski definition) is 3. The van der Waals surface area contributed by atoms with Gasteiger partial charge < -0.3 is 10.0 Å². The van der Waals surface area contributed by atoms with E-state index in [2.05, 4.69) is 24.0 Å². The predicted octanol–water partition coefficient (Wildman–Crippen LogP) is 1.97. The molecule has 3 fully saturated rings. The Kier molecular flexibility index (Phi) is 2.16. The van der Waals surface area contributed by atoms with Crippen LogP contribution >= 0.6 is 11.3 Å². The van der Waals surface area contributed by atoms with Gasteiger partial charge in [-0.2, -0.15) is 0 Å². The Morgan fingerprint density at radius 2 is 2.13 bits per heavy atom. The highest BCUT2D eigenvalue weighted by molar-refractivity contribution is 7.12. The maximum atomic E-state index is 10.8. The molecule has 4 heterocycles. The summed E-state index contributed by atoms with van der Waals surface area (Å²) in [6.07, 6.45) is 2.32. The second kappa shape index (κ2) is 3.30. The lowest BCUT2D eigenvalue weighted by molar-refractivity contribution is -0.115. The maximum Gasteiger partial charge on any atom is 0.114 e. The molecule has 3 heteroatoms. The minimum absolute atomic E-state index is 0.487. The van der Waals surface area contributed by atoms with Crippen molar-refractivity contribution in [3.63, 3.8) is 0 Å². The summed E-state index contributed by atoms with van der Waals surface area (Å²) in [7, 11) is 0. The van der Waals surface area contributed by atoms with Crippen LogP contribution in [0.3, 0.4) is 0 Å². The highest BCUT2D eigenvalue weighted by atomic mass is 32.1. The van der Waals surface area contributed by atoms with E-state index in [0.717, 1.165) is 19.4 Å². The number of thiophene rings is 1. The summed E-state index contributed by atoms with van der Waals surface area (Å²) in [5.41, 5.74) is -0.546. The Labute approximate surface area is 94.5 Å². The molecule has 3 aliphatic rings. The van der Waals surface area contributed by atoms with E-state index in [9.17, 15) is 5.11 Å². The standard InChI is InChI=1S/C12H17NOS/c1-9-2-3-11(15-9)12(14)8-13-6-4-10(12)5-7-13/h2-3,10,14H,4-8H2,1H3. The lowest BCUT2D eigenvalue weighted by atomic mass is 9.74. The van der Waals surface area contributed by atoms with Crippen molar-refractivity contribution in [3.05, 3.63) is 21.9 Å². The van der Waals surface area contributed by atoms with Crippen LogP contribution in [0.15, 0.2) is 12.1 Å². The zero-order chi connectivity index (χ0) is 10.5. The Morgan fingerprint density at radius 1 is 1.40 bits per heavy atom. The highest BCUT2D eigenvalue weighted by Gasteiger charge is 2.47. The molecule has 0 amide bonds. The monoisotopic (exact) mass is 223 g/mol. The zero-order valence-corrected chi connectivity index (χ0v) is 9.89. The number of aliphatic hydroxyl groups is 1. The van der Waals surface area contributed by atoms with Gasteiger partial charge in [-0.3, -0.25) is 0 Å².